The van der Waals surface area contributed by atoms with Gasteiger partial charge in [0, 0.05) is 4.90 Å². The zero-order chi connectivity index (χ0) is 11.2. The molecule has 0 aliphatic rings. The predicted octanol–water partition coefficient (Wildman–Crippen LogP) is 5.02. The summed E-state index contributed by atoms with van der Waals surface area (Å²) in [6.07, 6.45) is 0. The molecule has 0 spiro atoms. The second-order valence-corrected chi connectivity index (χ2v) is 4.61. The molecule has 0 bridgehead atoms. The first-order valence-corrected chi connectivity index (χ1v) is 6.25. The van der Waals surface area contributed by atoms with Gasteiger partial charge in [0.15, 0.2) is 0 Å². The Kier molecular flexibility index (Phi) is 4.09. The van der Waals surface area contributed by atoms with E-state index in [2.05, 4.69) is 12.1 Å². The highest BCUT2D eigenvalue weighted by atomic mass is 35.5. The van der Waals surface area contributed by atoms with Crippen molar-refractivity contribution < 1.29 is 0 Å². The standard InChI is InChI=1S/C14H11ClS/c15-14(12-7-3-1-4-8-12)11-16-13-9-5-2-6-10-13/h1-11H/b14-11+. The molecular weight excluding hydrogens is 236 g/mol. The van der Waals surface area contributed by atoms with E-state index in [9.17, 15) is 0 Å². The van der Waals surface area contributed by atoms with Gasteiger partial charge in [0.05, 0.1) is 5.03 Å². The van der Waals surface area contributed by atoms with Crippen molar-refractivity contribution in [2.24, 2.45) is 0 Å². The summed E-state index contributed by atoms with van der Waals surface area (Å²) in [6, 6.07) is 20.1. The first-order chi connectivity index (χ1) is 7.86. The van der Waals surface area contributed by atoms with Crippen LogP contribution >= 0.6 is 23.4 Å². The van der Waals surface area contributed by atoms with E-state index in [1.165, 1.54) is 4.90 Å². The Morgan fingerprint density at radius 2 is 1.44 bits per heavy atom. The van der Waals surface area contributed by atoms with Crippen LogP contribution in [0.25, 0.3) is 5.03 Å². The maximum atomic E-state index is 6.20. The summed E-state index contributed by atoms with van der Waals surface area (Å²) in [6.45, 7) is 0. The van der Waals surface area contributed by atoms with Crippen LogP contribution in [-0.4, -0.2) is 0 Å². The molecule has 0 saturated heterocycles. The smallest absolute Gasteiger partial charge is 0.0544 e. The van der Waals surface area contributed by atoms with Crippen LogP contribution < -0.4 is 0 Å². The monoisotopic (exact) mass is 246 g/mol. The maximum absolute atomic E-state index is 6.20. The number of halogens is 1. The van der Waals surface area contributed by atoms with E-state index in [4.69, 9.17) is 11.6 Å². The van der Waals surface area contributed by atoms with Crippen LogP contribution in [0.5, 0.6) is 0 Å². The van der Waals surface area contributed by atoms with E-state index in [1.54, 1.807) is 11.8 Å². The summed E-state index contributed by atoms with van der Waals surface area (Å²) >= 11 is 7.83. The fourth-order valence-electron chi connectivity index (χ4n) is 1.28. The minimum absolute atomic E-state index is 0.773. The number of benzene rings is 2. The van der Waals surface area contributed by atoms with Gasteiger partial charge in [0.2, 0.25) is 0 Å². The molecule has 0 aromatic heterocycles. The van der Waals surface area contributed by atoms with Crippen LogP contribution in [0, 0.1) is 0 Å². The summed E-state index contributed by atoms with van der Waals surface area (Å²) < 4.78 is 0. The van der Waals surface area contributed by atoms with Crippen molar-refractivity contribution in [2.45, 2.75) is 4.90 Å². The molecule has 0 aliphatic heterocycles. The molecule has 16 heavy (non-hydrogen) atoms. The lowest BCUT2D eigenvalue weighted by atomic mass is 10.2. The molecule has 2 rings (SSSR count). The Labute approximate surface area is 105 Å². The van der Waals surface area contributed by atoms with E-state index in [-0.39, 0.29) is 0 Å². The maximum Gasteiger partial charge on any atom is 0.0544 e. The average Bonchev–Trinajstić information content (AvgIpc) is 2.38. The van der Waals surface area contributed by atoms with Gasteiger partial charge >= 0.3 is 0 Å². The zero-order valence-electron chi connectivity index (χ0n) is 8.64. The van der Waals surface area contributed by atoms with Gasteiger partial charge in [-0.1, -0.05) is 71.9 Å². The molecule has 0 saturated carbocycles. The lowest BCUT2D eigenvalue weighted by molar-refractivity contribution is 1.47. The van der Waals surface area contributed by atoms with Gasteiger partial charge in [0.25, 0.3) is 0 Å². The first-order valence-electron chi connectivity index (χ1n) is 4.99. The summed E-state index contributed by atoms with van der Waals surface area (Å²) in [5, 5.41) is 2.74. The van der Waals surface area contributed by atoms with E-state index < -0.39 is 0 Å². The summed E-state index contributed by atoms with van der Waals surface area (Å²) in [5.41, 5.74) is 1.05. The van der Waals surface area contributed by atoms with Crippen LogP contribution in [0.3, 0.4) is 0 Å². The Balaban J connectivity index is 2.09. The van der Waals surface area contributed by atoms with E-state index >= 15 is 0 Å². The van der Waals surface area contributed by atoms with Gasteiger partial charge in [-0.3, -0.25) is 0 Å². The Morgan fingerprint density at radius 1 is 0.875 bits per heavy atom. The normalized spacial score (nSPS) is 11.4. The first kappa shape index (κ1) is 11.3. The zero-order valence-corrected chi connectivity index (χ0v) is 10.2. The minimum Gasteiger partial charge on any atom is -0.0965 e. The van der Waals surface area contributed by atoms with Gasteiger partial charge in [-0.15, -0.1) is 0 Å². The van der Waals surface area contributed by atoms with Crippen LogP contribution in [0.4, 0.5) is 0 Å². The molecule has 0 amide bonds. The van der Waals surface area contributed by atoms with Crippen molar-refractivity contribution in [3.05, 3.63) is 71.6 Å². The molecule has 0 heterocycles. The highest BCUT2D eigenvalue weighted by molar-refractivity contribution is 8.02. The predicted molar refractivity (Wildman–Crippen MR) is 72.6 cm³/mol. The second-order valence-electron chi connectivity index (χ2n) is 3.26. The third-order valence-corrected chi connectivity index (χ3v) is 3.45. The fourth-order valence-corrected chi connectivity index (χ4v) is 2.23. The molecular formula is C14H11ClS. The van der Waals surface area contributed by atoms with Crippen molar-refractivity contribution in [1.82, 2.24) is 0 Å². The SMILES string of the molecule is Cl/C(=C/Sc1ccccc1)c1ccccc1. The lowest BCUT2D eigenvalue weighted by Crippen LogP contribution is -1.74. The molecule has 0 nitrogen and oxygen atoms in total. The molecule has 0 N–H and O–H groups in total. The molecule has 2 aromatic carbocycles. The highest BCUT2D eigenvalue weighted by Gasteiger charge is 1.96. The van der Waals surface area contributed by atoms with Gasteiger partial charge in [-0.25, -0.2) is 0 Å². The van der Waals surface area contributed by atoms with Crippen molar-refractivity contribution in [3.8, 4) is 0 Å². The van der Waals surface area contributed by atoms with Gasteiger partial charge in [0.1, 0.15) is 0 Å². The Bertz CT molecular complexity index is 463. The second kappa shape index (κ2) is 5.78. The van der Waals surface area contributed by atoms with Gasteiger partial charge < -0.3 is 0 Å². The number of hydrogen-bond donors (Lipinski definition) is 0. The molecule has 0 radical (unpaired) electrons. The largest absolute Gasteiger partial charge is 0.0965 e. The lowest BCUT2D eigenvalue weighted by Gasteiger charge is -1.99. The average molecular weight is 247 g/mol. The number of thioether (sulfide) groups is 1. The highest BCUT2D eigenvalue weighted by Crippen LogP contribution is 2.26. The van der Waals surface area contributed by atoms with Crippen molar-refractivity contribution in [1.29, 1.82) is 0 Å². The third-order valence-electron chi connectivity index (χ3n) is 2.09. The van der Waals surface area contributed by atoms with Crippen LogP contribution in [0.2, 0.25) is 0 Å². The fraction of sp³-hybridized carbons (Fsp3) is 0. The van der Waals surface area contributed by atoms with Gasteiger partial charge in [-0.2, -0.15) is 0 Å². The molecule has 0 aliphatic carbocycles. The number of hydrogen-bond acceptors (Lipinski definition) is 1. The summed E-state index contributed by atoms with van der Waals surface area (Å²) in [4.78, 5) is 1.19. The van der Waals surface area contributed by atoms with Crippen LogP contribution in [-0.2, 0) is 0 Å². The summed E-state index contributed by atoms with van der Waals surface area (Å²) in [7, 11) is 0. The van der Waals surface area contributed by atoms with Crippen molar-refractivity contribution >= 4 is 28.4 Å². The third kappa shape index (κ3) is 3.16. The molecule has 80 valence electrons. The van der Waals surface area contributed by atoms with E-state index in [1.807, 2.05) is 53.9 Å². The minimum atomic E-state index is 0.773. The van der Waals surface area contributed by atoms with Gasteiger partial charge in [-0.05, 0) is 23.1 Å². The molecule has 0 atom stereocenters. The Morgan fingerprint density at radius 3 is 2.06 bits per heavy atom. The molecule has 0 unspecified atom stereocenters. The topological polar surface area (TPSA) is 0 Å². The van der Waals surface area contributed by atoms with Crippen molar-refractivity contribution in [3.63, 3.8) is 0 Å². The van der Waals surface area contributed by atoms with Crippen LogP contribution in [0.15, 0.2) is 71.0 Å². The molecule has 2 heteroatoms. The van der Waals surface area contributed by atoms with Crippen LogP contribution in [0.1, 0.15) is 5.56 Å². The van der Waals surface area contributed by atoms with Crippen molar-refractivity contribution in [2.75, 3.05) is 0 Å². The molecule has 0 fully saturated rings. The number of rotatable bonds is 3. The summed E-state index contributed by atoms with van der Waals surface area (Å²) in [5.74, 6) is 0. The molecule has 2 aromatic rings. The quantitative estimate of drug-likeness (QED) is 0.686. The van der Waals surface area contributed by atoms with E-state index in [0.717, 1.165) is 10.6 Å². The Hall–Kier alpha value is -1.18. The van der Waals surface area contributed by atoms with E-state index in [0.29, 0.717) is 0 Å².